The van der Waals surface area contributed by atoms with Gasteiger partial charge in [-0.05, 0) is 6.92 Å². The Bertz CT molecular complexity index is 651. The van der Waals surface area contributed by atoms with Crippen molar-refractivity contribution < 1.29 is 9.32 Å². The molecule has 7 heteroatoms. The fraction of sp³-hybridized carbons (Fsp3) is 0.200. The minimum Gasteiger partial charge on any atom is -0.359 e. The average molecular weight is 235 g/mol. The molecule has 0 aromatic carbocycles. The Kier molecular flexibility index (Phi) is 2.73. The first-order chi connectivity index (χ1) is 8.09. The van der Waals surface area contributed by atoms with E-state index >= 15 is 0 Å². The lowest BCUT2D eigenvalue weighted by Crippen LogP contribution is -2.37. The number of rotatable bonds is 3. The quantitative estimate of drug-likeness (QED) is 0.741. The summed E-state index contributed by atoms with van der Waals surface area (Å²) in [5, 5.41) is 3.47. The highest BCUT2D eigenvalue weighted by atomic mass is 16.5. The van der Waals surface area contributed by atoms with Gasteiger partial charge in [0.15, 0.2) is 11.5 Å². The number of nitrogens with zero attached hydrogens (tertiary/aromatic N) is 2. The van der Waals surface area contributed by atoms with Crippen LogP contribution >= 0.6 is 0 Å². The third-order valence-corrected chi connectivity index (χ3v) is 2.25. The molecule has 2 rings (SSSR count). The lowest BCUT2D eigenvalue weighted by molar-refractivity contribution is 0.101. The molecule has 0 unspecified atom stereocenters. The second kappa shape index (κ2) is 4.20. The van der Waals surface area contributed by atoms with Gasteiger partial charge in [-0.25, -0.2) is 4.79 Å². The van der Waals surface area contributed by atoms with Gasteiger partial charge in [0, 0.05) is 12.3 Å². The first kappa shape index (κ1) is 11.1. The van der Waals surface area contributed by atoms with Crippen LogP contribution in [0.1, 0.15) is 23.0 Å². The maximum absolute atomic E-state index is 11.8. The summed E-state index contributed by atoms with van der Waals surface area (Å²) in [4.78, 5) is 36.8. The van der Waals surface area contributed by atoms with E-state index in [9.17, 15) is 14.4 Å². The third-order valence-electron chi connectivity index (χ3n) is 2.25. The molecule has 0 saturated carbocycles. The lowest BCUT2D eigenvalue weighted by atomic mass is 10.2. The van der Waals surface area contributed by atoms with E-state index in [-0.39, 0.29) is 12.1 Å². The maximum atomic E-state index is 11.8. The standard InChI is InChI=1S/C10H9N3O4/c1-6(14)8-4-11-10(16)13(9(8)15)5-7-2-3-12-17-7/h2-4H,5H2,1H3,(H,11,16). The molecule has 88 valence electrons. The molecule has 0 spiro atoms. The number of aromatic nitrogens is 3. The third kappa shape index (κ3) is 2.07. The fourth-order valence-corrected chi connectivity index (χ4v) is 1.39. The second-order valence-corrected chi connectivity index (χ2v) is 3.43. The Balaban J connectivity index is 2.53. The Hall–Kier alpha value is -2.44. The highest BCUT2D eigenvalue weighted by Crippen LogP contribution is 1.97. The number of nitrogens with one attached hydrogen (secondary N) is 1. The molecule has 0 aliphatic heterocycles. The summed E-state index contributed by atoms with van der Waals surface area (Å²) in [5.41, 5.74) is -1.31. The van der Waals surface area contributed by atoms with Crippen molar-refractivity contribution >= 4 is 5.78 Å². The molecule has 1 N–H and O–H groups in total. The molecule has 2 aromatic rings. The van der Waals surface area contributed by atoms with Crippen LogP contribution in [0.15, 0.2) is 32.6 Å². The number of ketones is 1. The number of carbonyl (C=O) groups excluding carboxylic acids is 1. The van der Waals surface area contributed by atoms with E-state index < -0.39 is 17.0 Å². The van der Waals surface area contributed by atoms with Crippen molar-refractivity contribution in [1.82, 2.24) is 14.7 Å². The summed E-state index contributed by atoms with van der Waals surface area (Å²) in [6.45, 7) is 1.20. The van der Waals surface area contributed by atoms with Gasteiger partial charge in [-0.2, -0.15) is 0 Å². The van der Waals surface area contributed by atoms with Gasteiger partial charge in [-0.15, -0.1) is 0 Å². The van der Waals surface area contributed by atoms with Crippen molar-refractivity contribution in [1.29, 1.82) is 0 Å². The Morgan fingerprint density at radius 1 is 1.53 bits per heavy atom. The van der Waals surface area contributed by atoms with Gasteiger partial charge in [0.2, 0.25) is 0 Å². The first-order valence-electron chi connectivity index (χ1n) is 4.82. The van der Waals surface area contributed by atoms with Gasteiger partial charge in [0.1, 0.15) is 0 Å². The molecule has 0 fully saturated rings. The van der Waals surface area contributed by atoms with Gasteiger partial charge in [-0.1, -0.05) is 5.16 Å². The molecule has 0 atom stereocenters. The number of hydrogen-bond acceptors (Lipinski definition) is 5. The molecular formula is C10H9N3O4. The summed E-state index contributed by atoms with van der Waals surface area (Å²) in [7, 11) is 0. The molecule has 0 bridgehead atoms. The van der Waals surface area contributed by atoms with Crippen molar-refractivity contribution in [2.45, 2.75) is 13.5 Å². The Labute approximate surface area is 94.7 Å². The van der Waals surface area contributed by atoms with Crippen LogP contribution in [-0.4, -0.2) is 20.5 Å². The van der Waals surface area contributed by atoms with E-state index in [2.05, 4.69) is 10.1 Å². The topological polar surface area (TPSA) is 98.0 Å². The number of aromatic amines is 1. The Morgan fingerprint density at radius 3 is 2.88 bits per heavy atom. The molecule has 0 aliphatic rings. The van der Waals surface area contributed by atoms with E-state index in [1.165, 1.54) is 19.2 Å². The zero-order valence-corrected chi connectivity index (χ0v) is 8.97. The monoisotopic (exact) mass is 235 g/mol. The zero-order chi connectivity index (χ0) is 12.4. The summed E-state index contributed by atoms with van der Waals surface area (Å²) < 4.78 is 5.69. The van der Waals surface area contributed by atoms with Gasteiger partial charge in [-0.3, -0.25) is 14.2 Å². The molecular weight excluding hydrogens is 226 g/mol. The van der Waals surface area contributed by atoms with Crippen LogP contribution in [0.4, 0.5) is 0 Å². The predicted molar refractivity (Wildman–Crippen MR) is 56.9 cm³/mol. The number of carbonyl (C=O) groups is 1. The largest absolute Gasteiger partial charge is 0.359 e. The normalized spacial score (nSPS) is 10.4. The molecule has 2 heterocycles. The highest BCUT2D eigenvalue weighted by Gasteiger charge is 2.12. The van der Waals surface area contributed by atoms with Crippen LogP contribution in [0, 0.1) is 0 Å². The summed E-state index contributed by atoms with van der Waals surface area (Å²) >= 11 is 0. The van der Waals surface area contributed by atoms with E-state index in [4.69, 9.17) is 4.52 Å². The van der Waals surface area contributed by atoms with E-state index in [1.54, 1.807) is 0 Å². The van der Waals surface area contributed by atoms with Crippen LogP contribution in [0.5, 0.6) is 0 Å². The van der Waals surface area contributed by atoms with Crippen molar-refractivity contribution in [3.05, 3.63) is 50.6 Å². The van der Waals surface area contributed by atoms with Crippen LogP contribution in [0.2, 0.25) is 0 Å². The zero-order valence-electron chi connectivity index (χ0n) is 8.97. The molecule has 7 nitrogen and oxygen atoms in total. The molecule has 0 saturated heterocycles. The van der Waals surface area contributed by atoms with Crippen LogP contribution < -0.4 is 11.2 Å². The lowest BCUT2D eigenvalue weighted by Gasteiger charge is -2.02. The van der Waals surface area contributed by atoms with E-state index in [0.29, 0.717) is 5.76 Å². The molecule has 2 aromatic heterocycles. The second-order valence-electron chi connectivity index (χ2n) is 3.43. The van der Waals surface area contributed by atoms with Crippen LogP contribution in [0.25, 0.3) is 0 Å². The summed E-state index contributed by atoms with van der Waals surface area (Å²) in [6.07, 6.45) is 2.52. The predicted octanol–water partition coefficient (Wildman–Crippen LogP) is -0.224. The van der Waals surface area contributed by atoms with Crippen molar-refractivity contribution in [3.8, 4) is 0 Å². The van der Waals surface area contributed by atoms with Gasteiger partial charge >= 0.3 is 5.69 Å². The first-order valence-corrected chi connectivity index (χ1v) is 4.82. The smallest absolute Gasteiger partial charge is 0.328 e. The minimum atomic E-state index is -0.641. The van der Waals surface area contributed by atoms with Crippen LogP contribution in [-0.2, 0) is 6.54 Å². The minimum absolute atomic E-state index is 0.0602. The highest BCUT2D eigenvalue weighted by molar-refractivity contribution is 5.93. The Morgan fingerprint density at radius 2 is 2.29 bits per heavy atom. The number of H-pyrrole nitrogens is 1. The average Bonchev–Trinajstić information content (AvgIpc) is 2.76. The van der Waals surface area contributed by atoms with E-state index in [0.717, 1.165) is 10.8 Å². The molecule has 17 heavy (non-hydrogen) atoms. The van der Waals surface area contributed by atoms with E-state index in [1.807, 2.05) is 0 Å². The van der Waals surface area contributed by atoms with Gasteiger partial charge < -0.3 is 9.51 Å². The van der Waals surface area contributed by atoms with Crippen LogP contribution in [0.3, 0.4) is 0 Å². The summed E-state index contributed by atoms with van der Waals surface area (Å²) in [5.74, 6) is -0.0455. The van der Waals surface area contributed by atoms with Gasteiger partial charge in [0.25, 0.3) is 5.56 Å². The molecule has 0 amide bonds. The summed E-state index contributed by atoms with van der Waals surface area (Å²) in [6, 6.07) is 1.53. The maximum Gasteiger partial charge on any atom is 0.328 e. The van der Waals surface area contributed by atoms with Crippen molar-refractivity contribution in [2.75, 3.05) is 0 Å². The van der Waals surface area contributed by atoms with Crippen molar-refractivity contribution in [3.63, 3.8) is 0 Å². The van der Waals surface area contributed by atoms with Crippen molar-refractivity contribution in [2.24, 2.45) is 0 Å². The SMILES string of the molecule is CC(=O)c1c[nH]c(=O)n(Cc2ccno2)c1=O. The molecule has 0 radical (unpaired) electrons. The van der Waals surface area contributed by atoms with Gasteiger partial charge in [0.05, 0.1) is 18.3 Å². The number of hydrogen-bond donors (Lipinski definition) is 1. The number of Topliss-reactive ketones (excluding diaryl/α,β-unsaturated/α-hetero) is 1. The fourth-order valence-electron chi connectivity index (χ4n) is 1.39. The molecule has 0 aliphatic carbocycles.